The molecule has 0 N–H and O–H groups in total. The third-order valence-electron chi connectivity index (χ3n) is 3.54. The third-order valence-corrected chi connectivity index (χ3v) is 3.86. The molecule has 0 aliphatic carbocycles. The van der Waals surface area contributed by atoms with Gasteiger partial charge in [-0.25, -0.2) is 0 Å². The summed E-state index contributed by atoms with van der Waals surface area (Å²) in [5, 5.41) is 10.3. The van der Waals surface area contributed by atoms with E-state index in [4.69, 9.17) is 16.1 Å². The maximum Gasteiger partial charge on any atom is 0.226 e. The Kier molecular flexibility index (Phi) is 4.13. The lowest BCUT2D eigenvalue weighted by atomic mass is 10.2. The maximum absolute atomic E-state index is 6.33. The van der Waals surface area contributed by atoms with E-state index in [1.54, 1.807) is 0 Å². The second-order valence-electron chi connectivity index (χ2n) is 5.33. The van der Waals surface area contributed by atoms with Crippen LogP contribution in [0.2, 0.25) is 5.02 Å². The standard InChI is InChI=1S/C15H18ClN5O/c1-4-14-17-13(19-22-14)9-20(2)8-11-15-10(16)6-5-7-12(15)21(3)18-11/h5-7H,4,8-9H2,1-3H3. The minimum Gasteiger partial charge on any atom is -0.339 e. The number of aromatic nitrogens is 4. The number of halogens is 1. The van der Waals surface area contributed by atoms with Gasteiger partial charge in [-0.1, -0.05) is 29.7 Å². The summed E-state index contributed by atoms with van der Waals surface area (Å²) in [6, 6.07) is 5.84. The second-order valence-corrected chi connectivity index (χ2v) is 5.74. The zero-order valence-corrected chi connectivity index (χ0v) is 13.6. The van der Waals surface area contributed by atoms with Crippen molar-refractivity contribution in [2.75, 3.05) is 7.05 Å². The van der Waals surface area contributed by atoms with E-state index in [0.29, 0.717) is 24.8 Å². The van der Waals surface area contributed by atoms with Crippen LogP contribution in [0.3, 0.4) is 0 Å². The van der Waals surface area contributed by atoms with Gasteiger partial charge in [0, 0.05) is 25.4 Å². The zero-order valence-electron chi connectivity index (χ0n) is 12.9. The summed E-state index contributed by atoms with van der Waals surface area (Å²) in [5.74, 6) is 1.35. The first-order chi connectivity index (χ1) is 10.6. The lowest BCUT2D eigenvalue weighted by Gasteiger charge is -2.12. The van der Waals surface area contributed by atoms with E-state index in [9.17, 15) is 0 Å². The normalized spacial score (nSPS) is 11.7. The van der Waals surface area contributed by atoms with Crippen LogP contribution in [0.25, 0.3) is 10.9 Å². The van der Waals surface area contributed by atoms with Gasteiger partial charge in [-0.05, 0) is 19.2 Å². The van der Waals surface area contributed by atoms with Crippen molar-refractivity contribution in [1.82, 2.24) is 24.8 Å². The molecule has 0 fully saturated rings. The summed E-state index contributed by atoms with van der Waals surface area (Å²) in [6.07, 6.45) is 0.747. The van der Waals surface area contributed by atoms with Crippen molar-refractivity contribution >= 4 is 22.5 Å². The van der Waals surface area contributed by atoms with Gasteiger partial charge in [0.2, 0.25) is 5.89 Å². The number of nitrogens with zero attached hydrogens (tertiary/aromatic N) is 5. The summed E-state index contributed by atoms with van der Waals surface area (Å²) in [5.41, 5.74) is 1.98. The van der Waals surface area contributed by atoms with Gasteiger partial charge in [0.25, 0.3) is 0 Å². The molecule has 0 radical (unpaired) electrons. The molecular formula is C15H18ClN5O. The van der Waals surface area contributed by atoms with E-state index < -0.39 is 0 Å². The first kappa shape index (κ1) is 15.0. The summed E-state index contributed by atoms with van der Waals surface area (Å²) in [7, 11) is 3.92. The summed E-state index contributed by atoms with van der Waals surface area (Å²) < 4.78 is 6.98. The van der Waals surface area contributed by atoms with Gasteiger partial charge in [0.15, 0.2) is 5.82 Å². The van der Waals surface area contributed by atoms with E-state index in [-0.39, 0.29) is 0 Å². The highest BCUT2D eigenvalue weighted by atomic mass is 35.5. The first-order valence-corrected chi connectivity index (χ1v) is 7.56. The fraction of sp³-hybridized carbons (Fsp3) is 0.400. The highest BCUT2D eigenvalue weighted by Gasteiger charge is 2.15. The molecule has 0 bridgehead atoms. The fourth-order valence-corrected chi connectivity index (χ4v) is 2.79. The minimum atomic E-state index is 0.603. The van der Waals surface area contributed by atoms with Gasteiger partial charge >= 0.3 is 0 Å². The number of rotatable bonds is 5. The van der Waals surface area contributed by atoms with Gasteiger partial charge < -0.3 is 4.52 Å². The molecule has 0 saturated heterocycles. The maximum atomic E-state index is 6.33. The Hall–Kier alpha value is -1.92. The van der Waals surface area contributed by atoms with Gasteiger partial charge in [0.1, 0.15) is 0 Å². The molecule has 0 spiro atoms. The van der Waals surface area contributed by atoms with Crippen LogP contribution in [0.1, 0.15) is 24.3 Å². The SMILES string of the molecule is CCc1nc(CN(C)Cc2nn(C)c3cccc(Cl)c23)no1. The van der Waals surface area contributed by atoms with Crippen molar-refractivity contribution in [3.63, 3.8) is 0 Å². The molecule has 0 saturated carbocycles. The molecule has 3 rings (SSSR count). The highest BCUT2D eigenvalue weighted by Crippen LogP contribution is 2.27. The quantitative estimate of drug-likeness (QED) is 0.723. The van der Waals surface area contributed by atoms with E-state index in [1.165, 1.54) is 0 Å². The molecule has 7 heteroatoms. The minimum absolute atomic E-state index is 0.603. The van der Waals surface area contributed by atoms with E-state index >= 15 is 0 Å². The van der Waals surface area contributed by atoms with E-state index in [0.717, 1.165) is 28.0 Å². The Labute approximate surface area is 133 Å². The molecule has 0 atom stereocenters. The Morgan fingerprint density at radius 3 is 2.86 bits per heavy atom. The summed E-state index contributed by atoms with van der Waals surface area (Å²) in [4.78, 5) is 6.42. The Bertz CT molecular complexity index is 794. The average Bonchev–Trinajstić information content (AvgIpc) is 3.05. The van der Waals surface area contributed by atoms with Gasteiger partial charge in [0.05, 0.1) is 22.8 Å². The third kappa shape index (κ3) is 2.84. The zero-order chi connectivity index (χ0) is 15.7. The van der Waals surface area contributed by atoms with Crippen LogP contribution in [0.4, 0.5) is 0 Å². The fourth-order valence-electron chi connectivity index (χ4n) is 2.51. The molecule has 0 aliphatic rings. The average molecular weight is 320 g/mol. The summed E-state index contributed by atoms with van der Waals surface area (Å²) >= 11 is 6.33. The number of hydrogen-bond donors (Lipinski definition) is 0. The first-order valence-electron chi connectivity index (χ1n) is 7.18. The smallest absolute Gasteiger partial charge is 0.226 e. The van der Waals surface area contributed by atoms with Crippen LogP contribution in [0.15, 0.2) is 22.7 Å². The molecule has 22 heavy (non-hydrogen) atoms. The van der Waals surface area contributed by atoms with Crippen molar-refractivity contribution in [2.24, 2.45) is 7.05 Å². The molecule has 2 heterocycles. The van der Waals surface area contributed by atoms with Crippen molar-refractivity contribution in [3.05, 3.63) is 40.6 Å². The molecule has 0 amide bonds. The Morgan fingerprint density at radius 2 is 2.14 bits per heavy atom. The molecule has 0 unspecified atom stereocenters. The Morgan fingerprint density at radius 1 is 1.32 bits per heavy atom. The van der Waals surface area contributed by atoms with E-state index in [2.05, 4.69) is 20.1 Å². The predicted molar refractivity (Wildman–Crippen MR) is 84.6 cm³/mol. The highest BCUT2D eigenvalue weighted by molar-refractivity contribution is 6.35. The van der Waals surface area contributed by atoms with Crippen LogP contribution in [-0.2, 0) is 26.6 Å². The molecular weight excluding hydrogens is 302 g/mol. The number of hydrogen-bond acceptors (Lipinski definition) is 5. The van der Waals surface area contributed by atoms with Crippen molar-refractivity contribution in [3.8, 4) is 0 Å². The van der Waals surface area contributed by atoms with E-state index in [1.807, 2.05) is 43.9 Å². The van der Waals surface area contributed by atoms with Crippen LogP contribution in [0.5, 0.6) is 0 Å². The van der Waals surface area contributed by atoms with Crippen LogP contribution in [0, 0.1) is 0 Å². The second kappa shape index (κ2) is 6.06. The summed E-state index contributed by atoms with van der Waals surface area (Å²) in [6.45, 7) is 3.26. The molecule has 0 aliphatic heterocycles. The molecule has 1 aromatic carbocycles. The lowest BCUT2D eigenvalue weighted by Crippen LogP contribution is -2.18. The molecule has 6 nitrogen and oxygen atoms in total. The lowest BCUT2D eigenvalue weighted by molar-refractivity contribution is 0.297. The van der Waals surface area contributed by atoms with Gasteiger partial charge in [-0.15, -0.1) is 0 Å². The van der Waals surface area contributed by atoms with Crippen LogP contribution in [-0.4, -0.2) is 31.9 Å². The van der Waals surface area contributed by atoms with Gasteiger partial charge in [-0.2, -0.15) is 10.1 Å². The van der Waals surface area contributed by atoms with Crippen molar-refractivity contribution in [2.45, 2.75) is 26.4 Å². The van der Waals surface area contributed by atoms with Crippen LogP contribution < -0.4 is 0 Å². The van der Waals surface area contributed by atoms with Gasteiger partial charge in [-0.3, -0.25) is 9.58 Å². The van der Waals surface area contributed by atoms with Crippen molar-refractivity contribution < 1.29 is 4.52 Å². The topological polar surface area (TPSA) is 60.0 Å². The number of benzene rings is 1. The molecule has 3 aromatic rings. The number of aryl methyl sites for hydroxylation is 2. The van der Waals surface area contributed by atoms with Crippen molar-refractivity contribution in [1.29, 1.82) is 0 Å². The molecule has 2 aromatic heterocycles. The monoisotopic (exact) mass is 319 g/mol. The van der Waals surface area contributed by atoms with Crippen LogP contribution >= 0.6 is 11.6 Å². The predicted octanol–water partition coefficient (Wildman–Crippen LogP) is 2.80. The number of fused-ring (bicyclic) bond motifs is 1. The Balaban J connectivity index is 1.80. The molecule has 116 valence electrons. The largest absolute Gasteiger partial charge is 0.339 e.